The van der Waals surface area contributed by atoms with Crippen molar-refractivity contribution in [3.05, 3.63) is 0 Å². The molecule has 18 heavy (non-hydrogen) atoms. The third-order valence-electron chi connectivity index (χ3n) is 3.78. The van der Waals surface area contributed by atoms with Gasteiger partial charge in [-0.15, -0.1) is 0 Å². The highest BCUT2D eigenvalue weighted by atomic mass is 16.4. The van der Waals surface area contributed by atoms with E-state index in [1.807, 2.05) is 0 Å². The van der Waals surface area contributed by atoms with Crippen molar-refractivity contribution in [3.63, 3.8) is 0 Å². The van der Waals surface area contributed by atoms with Crippen molar-refractivity contribution in [2.24, 2.45) is 11.7 Å². The number of nitrogens with two attached hydrogens (primary N) is 1. The van der Waals surface area contributed by atoms with E-state index in [0.29, 0.717) is 0 Å². The molecule has 3 atom stereocenters. The molecule has 0 aromatic heterocycles. The zero-order valence-electron chi connectivity index (χ0n) is 10.4. The summed E-state index contributed by atoms with van der Waals surface area (Å²) in [5, 5.41) is 14.4. The normalized spacial score (nSPS) is 29.4. The summed E-state index contributed by atoms with van der Waals surface area (Å²) >= 11 is 0. The number of nitrogens with one attached hydrogen (secondary N) is 2. The molecule has 0 spiro atoms. The molecule has 0 bridgehead atoms. The third-order valence-corrected chi connectivity index (χ3v) is 3.78. The lowest BCUT2D eigenvalue weighted by atomic mass is 9.91. The Bertz CT molecular complexity index is 331. The average Bonchev–Trinajstić information content (AvgIpc) is 3.13. The van der Waals surface area contributed by atoms with Crippen LogP contribution in [0.2, 0.25) is 0 Å². The Hall–Kier alpha value is -1.30. The Morgan fingerprint density at radius 2 is 1.83 bits per heavy atom. The van der Waals surface area contributed by atoms with E-state index in [1.54, 1.807) is 0 Å². The summed E-state index contributed by atoms with van der Waals surface area (Å²) in [4.78, 5) is 22.8. The smallest absolute Gasteiger partial charge is 0.326 e. The summed E-state index contributed by atoms with van der Waals surface area (Å²) in [7, 11) is 0. The number of carbonyl (C=O) groups is 2. The lowest BCUT2D eigenvalue weighted by Gasteiger charge is -2.29. The van der Waals surface area contributed by atoms with E-state index in [1.165, 1.54) is 0 Å². The Labute approximate surface area is 106 Å². The van der Waals surface area contributed by atoms with Gasteiger partial charge in [-0.3, -0.25) is 0 Å². The van der Waals surface area contributed by atoms with Crippen LogP contribution >= 0.6 is 0 Å². The van der Waals surface area contributed by atoms with Gasteiger partial charge in [-0.2, -0.15) is 0 Å². The van der Waals surface area contributed by atoms with E-state index < -0.39 is 18.0 Å². The van der Waals surface area contributed by atoms with E-state index in [9.17, 15) is 9.59 Å². The fourth-order valence-corrected chi connectivity index (χ4v) is 2.50. The maximum atomic E-state index is 11.8. The van der Waals surface area contributed by atoms with E-state index in [-0.39, 0.29) is 18.0 Å². The molecule has 0 aromatic carbocycles. The minimum Gasteiger partial charge on any atom is -0.480 e. The molecule has 0 radical (unpaired) electrons. The van der Waals surface area contributed by atoms with Crippen LogP contribution in [0.25, 0.3) is 0 Å². The van der Waals surface area contributed by atoms with Crippen LogP contribution < -0.4 is 16.4 Å². The lowest BCUT2D eigenvalue weighted by Crippen LogP contribution is -2.55. The summed E-state index contributed by atoms with van der Waals surface area (Å²) in [5.41, 5.74) is 5.93. The fourth-order valence-electron chi connectivity index (χ4n) is 2.50. The molecule has 5 N–H and O–H groups in total. The van der Waals surface area contributed by atoms with Gasteiger partial charge in [0.2, 0.25) is 0 Å². The van der Waals surface area contributed by atoms with Gasteiger partial charge in [0.1, 0.15) is 6.04 Å². The van der Waals surface area contributed by atoms with Gasteiger partial charge in [-0.05, 0) is 31.6 Å². The summed E-state index contributed by atoms with van der Waals surface area (Å²) in [6.07, 6.45) is 5.69. The molecule has 2 aliphatic rings. The molecule has 2 fully saturated rings. The average molecular weight is 255 g/mol. The molecule has 2 amide bonds. The lowest BCUT2D eigenvalue weighted by molar-refractivity contribution is -0.139. The molecule has 2 saturated carbocycles. The molecular formula is C12H21N3O3. The second-order valence-corrected chi connectivity index (χ2v) is 5.33. The molecule has 3 unspecified atom stereocenters. The van der Waals surface area contributed by atoms with Gasteiger partial charge in [0.05, 0.1) is 0 Å². The molecule has 0 heterocycles. The predicted molar refractivity (Wildman–Crippen MR) is 66.0 cm³/mol. The maximum absolute atomic E-state index is 11.8. The SMILES string of the molecule is NC1CCCCC1NC(=O)NC(C(=O)O)C1CC1. The van der Waals surface area contributed by atoms with Gasteiger partial charge in [-0.1, -0.05) is 12.8 Å². The Morgan fingerprint density at radius 1 is 1.17 bits per heavy atom. The minimum atomic E-state index is -0.958. The highest BCUT2D eigenvalue weighted by Gasteiger charge is 2.37. The van der Waals surface area contributed by atoms with Crippen LogP contribution in [-0.2, 0) is 4.79 Å². The number of rotatable bonds is 4. The van der Waals surface area contributed by atoms with Gasteiger partial charge in [-0.25, -0.2) is 9.59 Å². The van der Waals surface area contributed by atoms with E-state index >= 15 is 0 Å². The van der Waals surface area contributed by atoms with Crippen LogP contribution in [0.5, 0.6) is 0 Å². The molecule has 2 aliphatic carbocycles. The number of hydrogen-bond donors (Lipinski definition) is 4. The number of hydrogen-bond acceptors (Lipinski definition) is 3. The summed E-state index contributed by atoms with van der Waals surface area (Å²) in [5.74, 6) is -0.867. The number of amides is 2. The summed E-state index contributed by atoms with van der Waals surface area (Å²) in [6.45, 7) is 0. The molecule has 6 nitrogen and oxygen atoms in total. The topological polar surface area (TPSA) is 104 Å². The van der Waals surface area contributed by atoms with Gasteiger partial charge in [0.15, 0.2) is 0 Å². The van der Waals surface area contributed by atoms with Crippen LogP contribution in [0.15, 0.2) is 0 Å². The zero-order valence-corrected chi connectivity index (χ0v) is 10.4. The van der Waals surface area contributed by atoms with Crippen LogP contribution in [0.4, 0.5) is 4.79 Å². The first-order valence-corrected chi connectivity index (χ1v) is 6.63. The standard InChI is InChI=1S/C12H21N3O3/c13-8-3-1-2-4-9(8)14-12(18)15-10(11(16)17)7-5-6-7/h7-10H,1-6,13H2,(H,16,17)(H2,14,15,18). The first-order chi connectivity index (χ1) is 8.58. The predicted octanol–water partition coefficient (Wildman–Crippen LogP) is 0.419. The van der Waals surface area contributed by atoms with Gasteiger partial charge < -0.3 is 21.5 Å². The maximum Gasteiger partial charge on any atom is 0.326 e. The Balaban J connectivity index is 1.81. The number of carboxylic acids is 1. The van der Waals surface area contributed by atoms with E-state index in [2.05, 4.69) is 10.6 Å². The van der Waals surface area contributed by atoms with Gasteiger partial charge in [0, 0.05) is 12.1 Å². The van der Waals surface area contributed by atoms with E-state index in [0.717, 1.165) is 38.5 Å². The Kier molecular flexibility index (Phi) is 4.06. The molecule has 6 heteroatoms. The summed E-state index contributed by atoms with van der Waals surface area (Å²) in [6, 6.07) is -1.22. The van der Waals surface area contributed by atoms with Crippen molar-refractivity contribution in [3.8, 4) is 0 Å². The molecule has 0 aliphatic heterocycles. The van der Waals surface area contributed by atoms with Crippen LogP contribution in [0.1, 0.15) is 38.5 Å². The van der Waals surface area contributed by atoms with Crippen molar-refractivity contribution in [1.82, 2.24) is 10.6 Å². The van der Waals surface area contributed by atoms with Crippen molar-refractivity contribution >= 4 is 12.0 Å². The third kappa shape index (κ3) is 3.35. The highest BCUT2D eigenvalue weighted by Crippen LogP contribution is 2.32. The van der Waals surface area contributed by atoms with Crippen molar-refractivity contribution < 1.29 is 14.7 Å². The van der Waals surface area contributed by atoms with E-state index in [4.69, 9.17) is 10.8 Å². The second kappa shape index (κ2) is 5.56. The first kappa shape index (κ1) is 13.1. The van der Waals surface area contributed by atoms with Crippen LogP contribution in [-0.4, -0.2) is 35.2 Å². The number of aliphatic carboxylic acids is 1. The number of carboxylic acid groups (broad SMARTS) is 1. The second-order valence-electron chi connectivity index (χ2n) is 5.33. The number of urea groups is 1. The molecule has 102 valence electrons. The first-order valence-electron chi connectivity index (χ1n) is 6.63. The van der Waals surface area contributed by atoms with Crippen molar-refractivity contribution in [2.75, 3.05) is 0 Å². The quantitative estimate of drug-likeness (QED) is 0.584. The number of carbonyl (C=O) groups excluding carboxylic acids is 1. The minimum absolute atomic E-state index is 0.0197. The Morgan fingerprint density at radius 3 is 2.39 bits per heavy atom. The largest absolute Gasteiger partial charge is 0.480 e. The monoisotopic (exact) mass is 255 g/mol. The molecular weight excluding hydrogens is 234 g/mol. The van der Waals surface area contributed by atoms with Gasteiger partial charge >= 0.3 is 12.0 Å². The molecule has 2 rings (SSSR count). The van der Waals surface area contributed by atoms with Crippen LogP contribution in [0, 0.1) is 5.92 Å². The van der Waals surface area contributed by atoms with Gasteiger partial charge in [0.25, 0.3) is 0 Å². The zero-order chi connectivity index (χ0) is 13.1. The van der Waals surface area contributed by atoms with Crippen molar-refractivity contribution in [1.29, 1.82) is 0 Å². The fraction of sp³-hybridized carbons (Fsp3) is 0.833. The molecule has 0 aromatic rings. The van der Waals surface area contributed by atoms with Crippen LogP contribution in [0.3, 0.4) is 0 Å². The summed E-state index contributed by atoms with van der Waals surface area (Å²) < 4.78 is 0. The van der Waals surface area contributed by atoms with Crippen molar-refractivity contribution in [2.45, 2.75) is 56.7 Å². The molecule has 0 saturated heterocycles. The highest BCUT2D eigenvalue weighted by molar-refractivity contribution is 5.83.